The smallest absolute Gasteiger partial charge is 0.411 e. The van der Waals surface area contributed by atoms with Crippen LogP contribution in [0.15, 0.2) is 23.4 Å². The highest BCUT2D eigenvalue weighted by Crippen LogP contribution is 2.21. The number of carbonyl (C=O) groups is 1. The van der Waals surface area contributed by atoms with Crippen LogP contribution in [0.3, 0.4) is 0 Å². The van der Waals surface area contributed by atoms with Crippen LogP contribution in [0.5, 0.6) is 0 Å². The van der Waals surface area contributed by atoms with E-state index in [4.69, 9.17) is 22.5 Å². The van der Waals surface area contributed by atoms with E-state index in [1.54, 1.807) is 6.07 Å². The van der Waals surface area contributed by atoms with Crippen molar-refractivity contribution in [2.45, 2.75) is 0 Å². The average molecular weight is 244 g/mol. The summed E-state index contributed by atoms with van der Waals surface area (Å²) >= 11 is 5.76. The lowest BCUT2D eigenvalue weighted by atomic mass is 10.1. The summed E-state index contributed by atoms with van der Waals surface area (Å²) in [7, 11) is 1.23. The first kappa shape index (κ1) is 12.1. The molecular weight excluding hydrogens is 234 g/mol. The zero-order valence-corrected chi connectivity index (χ0v) is 9.15. The number of carbonyl (C=O) groups excluding carboxylic acids is 1. The van der Waals surface area contributed by atoms with Gasteiger partial charge in [0, 0.05) is 10.6 Å². The molecule has 16 heavy (non-hydrogen) atoms. The number of nitrogens with one attached hydrogen (secondary N) is 1. The topological polar surface area (TPSA) is 96.9 Å². The van der Waals surface area contributed by atoms with E-state index in [1.165, 1.54) is 19.2 Å². The van der Waals surface area contributed by atoms with Crippen LogP contribution in [0, 0.1) is 0 Å². The summed E-state index contributed by atoms with van der Waals surface area (Å²) in [6, 6.07) is 4.53. The Hall–Kier alpha value is -1.95. The number of methoxy groups -OCH3 is 1. The van der Waals surface area contributed by atoms with Crippen molar-refractivity contribution in [2.24, 2.45) is 10.9 Å². The molecule has 0 radical (unpaired) electrons. The van der Waals surface area contributed by atoms with Crippen molar-refractivity contribution in [3.8, 4) is 0 Å². The van der Waals surface area contributed by atoms with Crippen molar-refractivity contribution in [2.75, 3.05) is 12.4 Å². The highest BCUT2D eigenvalue weighted by molar-refractivity contribution is 6.31. The second-order valence-corrected chi connectivity index (χ2v) is 3.23. The Labute approximate surface area is 96.6 Å². The monoisotopic (exact) mass is 243 g/mol. The number of nitrogens with two attached hydrogens (primary N) is 1. The van der Waals surface area contributed by atoms with Crippen molar-refractivity contribution in [3.05, 3.63) is 28.8 Å². The quantitative estimate of drug-likeness (QED) is 0.318. The van der Waals surface area contributed by atoms with Crippen molar-refractivity contribution in [1.82, 2.24) is 0 Å². The third kappa shape index (κ3) is 2.77. The summed E-state index contributed by atoms with van der Waals surface area (Å²) in [4.78, 5) is 11.0. The molecule has 0 atom stereocenters. The van der Waals surface area contributed by atoms with Gasteiger partial charge in [0.1, 0.15) is 0 Å². The van der Waals surface area contributed by atoms with E-state index in [2.05, 4.69) is 15.2 Å². The Morgan fingerprint density at radius 2 is 2.31 bits per heavy atom. The second-order valence-electron chi connectivity index (χ2n) is 2.79. The van der Waals surface area contributed by atoms with Crippen LogP contribution in [0.1, 0.15) is 5.56 Å². The molecule has 0 bridgehead atoms. The van der Waals surface area contributed by atoms with Gasteiger partial charge in [-0.1, -0.05) is 16.8 Å². The standard InChI is InChI=1S/C9H10ClN3O3/c1-16-9(14)12-7-4-5(10)2-3-6(7)8(11)13-15/h2-4,15H,1H3,(H2,11,13)(H,12,14). The van der Waals surface area contributed by atoms with Gasteiger partial charge in [-0.3, -0.25) is 5.32 Å². The van der Waals surface area contributed by atoms with Crippen LogP contribution in [-0.2, 0) is 4.74 Å². The SMILES string of the molecule is COC(=O)Nc1cc(Cl)ccc1C(N)=NO. The first-order valence-electron chi connectivity index (χ1n) is 4.21. The maximum Gasteiger partial charge on any atom is 0.411 e. The number of oxime groups is 1. The number of amidine groups is 1. The third-order valence-electron chi connectivity index (χ3n) is 1.79. The van der Waals surface area contributed by atoms with Crippen molar-refractivity contribution < 1.29 is 14.7 Å². The number of hydrogen-bond donors (Lipinski definition) is 3. The summed E-state index contributed by atoms with van der Waals surface area (Å²) in [6.45, 7) is 0. The Balaban J connectivity index is 3.13. The maximum atomic E-state index is 11.0. The lowest BCUT2D eigenvalue weighted by Gasteiger charge is -2.09. The van der Waals surface area contributed by atoms with Gasteiger partial charge in [0.15, 0.2) is 5.84 Å². The predicted octanol–water partition coefficient (Wildman–Crippen LogP) is 1.61. The summed E-state index contributed by atoms with van der Waals surface area (Å²) in [5.41, 5.74) is 6.07. The fourth-order valence-corrected chi connectivity index (χ4v) is 1.23. The summed E-state index contributed by atoms with van der Waals surface area (Å²) in [6.07, 6.45) is -0.672. The molecule has 0 saturated heterocycles. The molecule has 0 saturated carbocycles. The molecule has 1 rings (SSSR count). The van der Waals surface area contributed by atoms with Crippen LogP contribution < -0.4 is 11.1 Å². The van der Waals surface area contributed by atoms with E-state index in [1.807, 2.05) is 0 Å². The first-order chi connectivity index (χ1) is 7.58. The fourth-order valence-electron chi connectivity index (χ4n) is 1.06. The highest BCUT2D eigenvalue weighted by Gasteiger charge is 2.10. The van der Waals surface area contributed by atoms with Crippen LogP contribution >= 0.6 is 11.6 Å². The van der Waals surface area contributed by atoms with Crippen LogP contribution in [0.25, 0.3) is 0 Å². The van der Waals surface area contributed by atoms with Gasteiger partial charge in [-0.25, -0.2) is 4.79 Å². The fraction of sp³-hybridized carbons (Fsp3) is 0.111. The number of hydrogen-bond acceptors (Lipinski definition) is 4. The molecule has 0 aliphatic carbocycles. The Morgan fingerprint density at radius 1 is 1.62 bits per heavy atom. The molecular formula is C9H10ClN3O3. The number of benzene rings is 1. The molecule has 6 nitrogen and oxygen atoms in total. The highest BCUT2D eigenvalue weighted by atomic mass is 35.5. The van der Waals surface area contributed by atoms with Gasteiger partial charge in [0.25, 0.3) is 0 Å². The molecule has 0 unspecified atom stereocenters. The van der Waals surface area contributed by atoms with E-state index < -0.39 is 6.09 Å². The molecule has 0 aromatic heterocycles. The Morgan fingerprint density at radius 3 is 2.88 bits per heavy atom. The van der Waals surface area contributed by atoms with E-state index in [0.29, 0.717) is 16.3 Å². The largest absolute Gasteiger partial charge is 0.453 e. The van der Waals surface area contributed by atoms with Crippen LogP contribution in [0.4, 0.5) is 10.5 Å². The van der Waals surface area contributed by atoms with Gasteiger partial charge in [-0.15, -0.1) is 0 Å². The molecule has 0 spiro atoms. The normalized spacial score (nSPS) is 11.0. The minimum atomic E-state index is -0.672. The van der Waals surface area contributed by atoms with Crippen LogP contribution in [0.2, 0.25) is 5.02 Å². The summed E-state index contributed by atoms with van der Waals surface area (Å²) in [5, 5.41) is 14.2. The first-order valence-corrected chi connectivity index (χ1v) is 4.58. The average Bonchev–Trinajstić information content (AvgIpc) is 2.28. The molecule has 86 valence electrons. The molecule has 4 N–H and O–H groups in total. The second kappa shape index (κ2) is 5.22. The minimum absolute atomic E-state index is 0.136. The van der Waals surface area contributed by atoms with Crippen molar-refractivity contribution in [1.29, 1.82) is 0 Å². The van der Waals surface area contributed by atoms with E-state index >= 15 is 0 Å². The van der Waals surface area contributed by atoms with Gasteiger partial charge < -0.3 is 15.7 Å². The summed E-state index contributed by atoms with van der Waals surface area (Å²) in [5.74, 6) is -0.136. The van der Waals surface area contributed by atoms with Gasteiger partial charge >= 0.3 is 6.09 Å². The number of nitrogens with zero attached hydrogens (tertiary/aromatic N) is 1. The van der Waals surface area contributed by atoms with Gasteiger partial charge in [0.2, 0.25) is 0 Å². The van der Waals surface area contributed by atoms with Crippen molar-refractivity contribution >= 4 is 29.2 Å². The number of halogens is 1. The van der Waals surface area contributed by atoms with E-state index in [9.17, 15) is 4.79 Å². The van der Waals surface area contributed by atoms with E-state index in [0.717, 1.165) is 0 Å². The van der Waals surface area contributed by atoms with E-state index in [-0.39, 0.29) is 5.84 Å². The number of ether oxygens (including phenoxy) is 1. The molecule has 1 aromatic carbocycles. The van der Waals surface area contributed by atoms with Crippen LogP contribution in [-0.4, -0.2) is 24.2 Å². The Kier molecular flexibility index (Phi) is 3.96. The lowest BCUT2D eigenvalue weighted by Crippen LogP contribution is -2.19. The maximum absolute atomic E-state index is 11.0. The lowest BCUT2D eigenvalue weighted by molar-refractivity contribution is 0.187. The molecule has 0 aliphatic rings. The third-order valence-corrected chi connectivity index (χ3v) is 2.02. The number of rotatable bonds is 2. The van der Waals surface area contributed by atoms with Gasteiger partial charge in [-0.05, 0) is 18.2 Å². The molecule has 0 fully saturated rings. The minimum Gasteiger partial charge on any atom is -0.453 e. The zero-order valence-electron chi connectivity index (χ0n) is 8.40. The predicted molar refractivity (Wildman–Crippen MR) is 60.0 cm³/mol. The molecule has 1 aromatic rings. The summed E-state index contributed by atoms with van der Waals surface area (Å²) < 4.78 is 4.43. The Bertz CT molecular complexity index is 434. The van der Waals surface area contributed by atoms with Gasteiger partial charge in [0.05, 0.1) is 12.8 Å². The number of anilines is 1. The molecule has 7 heteroatoms. The number of amides is 1. The van der Waals surface area contributed by atoms with Crippen molar-refractivity contribution in [3.63, 3.8) is 0 Å². The molecule has 0 aliphatic heterocycles. The van der Waals surface area contributed by atoms with Gasteiger partial charge in [-0.2, -0.15) is 0 Å². The molecule has 1 amide bonds. The molecule has 0 heterocycles. The zero-order chi connectivity index (χ0) is 12.1.